The van der Waals surface area contributed by atoms with E-state index < -0.39 is 0 Å². The SMILES string of the molecule is COc1ccc2nc(N(CC3CCCO3)C(=O)c3cc(Cl)sc3Cl)sc2c1. The van der Waals surface area contributed by atoms with E-state index in [9.17, 15) is 4.79 Å². The molecule has 1 amide bonds. The quantitative estimate of drug-likeness (QED) is 0.523. The molecule has 142 valence electrons. The Hall–Kier alpha value is -1.38. The summed E-state index contributed by atoms with van der Waals surface area (Å²) in [7, 11) is 1.62. The molecule has 3 aromatic rings. The van der Waals surface area contributed by atoms with Gasteiger partial charge in [-0.25, -0.2) is 4.98 Å². The fourth-order valence-electron chi connectivity index (χ4n) is 3.01. The average Bonchev–Trinajstić information content (AvgIpc) is 3.37. The predicted molar refractivity (Wildman–Crippen MR) is 111 cm³/mol. The summed E-state index contributed by atoms with van der Waals surface area (Å²) < 4.78 is 12.8. The Morgan fingerprint density at radius 1 is 1.37 bits per heavy atom. The molecule has 1 saturated heterocycles. The minimum Gasteiger partial charge on any atom is -0.497 e. The highest BCUT2D eigenvalue weighted by Gasteiger charge is 2.29. The third kappa shape index (κ3) is 3.93. The van der Waals surface area contributed by atoms with Gasteiger partial charge in [-0.05, 0) is 37.1 Å². The molecule has 1 aromatic carbocycles. The van der Waals surface area contributed by atoms with Crippen LogP contribution in [0.3, 0.4) is 0 Å². The number of aromatic nitrogens is 1. The zero-order chi connectivity index (χ0) is 19.0. The fraction of sp³-hybridized carbons (Fsp3) is 0.333. The first kappa shape index (κ1) is 19.0. The molecule has 1 aliphatic heterocycles. The average molecular weight is 443 g/mol. The van der Waals surface area contributed by atoms with E-state index in [2.05, 4.69) is 4.98 Å². The van der Waals surface area contributed by atoms with Crippen molar-refractivity contribution in [2.45, 2.75) is 18.9 Å². The minimum atomic E-state index is -0.218. The molecule has 27 heavy (non-hydrogen) atoms. The Morgan fingerprint density at radius 2 is 2.22 bits per heavy atom. The third-order valence-electron chi connectivity index (χ3n) is 4.36. The summed E-state index contributed by atoms with van der Waals surface area (Å²) in [6, 6.07) is 7.26. The van der Waals surface area contributed by atoms with Crippen molar-refractivity contribution in [3.63, 3.8) is 0 Å². The molecule has 0 saturated carbocycles. The molecule has 1 atom stereocenters. The van der Waals surface area contributed by atoms with Gasteiger partial charge in [0.2, 0.25) is 0 Å². The minimum absolute atomic E-state index is 0.0108. The molecule has 1 unspecified atom stereocenters. The van der Waals surface area contributed by atoms with Crippen LogP contribution in [-0.4, -0.2) is 37.3 Å². The number of hydrogen-bond donors (Lipinski definition) is 0. The van der Waals surface area contributed by atoms with Gasteiger partial charge < -0.3 is 9.47 Å². The first-order chi connectivity index (χ1) is 13.0. The molecular weight excluding hydrogens is 427 g/mol. The van der Waals surface area contributed by atoms with Crippen molar-refractivity contribution in [3.05, 3.63) is 38.5 Å². The van der Waals surface area contributed by atoms with E-state index in [1.54, 1.807) is 18.1 Å². The number of ether oxygens (including phenoxy) is 2. The van der Waals surface area contributed by atoms with E-state index >= 15 is 0 Å². The zero-order valence-electron chi connectivity index (χ0n) is 14.4. The molecule has 0 bridgehead atoms. The van der Waals surface area contributed by atoms with Gasteiger partial charge in [0, 0.05) is 6.61 Å². The van der Waals surface area contributed by atoms with Crippen LogP contribution < -0.4 is 9.64 Å². The number of anilines is 1. The molecule has 9 heteroatoms. The lowest BCUT2D eigenvalue weighted by Crippen LogP contribution is -2.37. The second-order valence-electron chi connectivity index (χ2n) is 6.12. The lowest BCUT2D eigenvalue weighted by molar-refractivity contribution is 0.0918. The summed E-state index contributed by atoms with van der Waals surface area (Å²) >= 11 is 14.9. The molecule has 1 fully saturated rings. The monoisotopic (exact) mass is 442 g/mol. The topological polar surface area (TPSA) is 51.7 Å². The van der Waals surface area contributed by atoms with Gasteiger partial charge in [-0.15, -0.1) is 11.3 Å². The number of hydrogen-bond acceptors (Lipinski definition) is 6. The van der Waals surface area contributed by atoms with E-state index in [4.69, 9.17) is 32.7 Å². The number of thiazole rings is 1. The molecule has 1 aliphatic rings. The highest BCUT2D eigenvalue weighted by molar-refractivity contribution is 7.22. The van der Waals surface area contributed by atoms with E-state index in [0.717, 1.165) is 35.4 Å². The number of carbonyl (C=O) groups excluding carboxylic acids is 1. The predicted octanol–water partition coefficient (Wildman–Crippen LogP) is 5.50. The van der Waals surface area contributed by atoms with Gasteiger partial charge in [-0.1, -0.05) is 34.5 Å². The van der Waals surface area contributed by atoms with Crippen LogP contribution in [0, 0.1) is 0 Å². The molecule has 0 aliphatic carbocycles. The van der Waals surface area contributed by atoms with Gasteiger partial charge in [0.25, 0.3) is 5.91 Å². The molecule has 5 nitrogen and oxygen atoms in total. The van der Waals surface area contributed by atoms with Crippen molar-refractivity contribution in [1.29, 1.82) is 0 Å². The Morgan fingerprint density at radius 3 is 2.89 bits per heavy atom. The van der Waals surface area contributed by atoms with Crippen molar-refractivity contribution < 1.29 is 14.3 Å². The lowest BCUT2D eigenvalue weighted by Gasteiger charge is -2.22. The van der Waals surface area contributed by atoms with Crippen molar-refractivity contribution >= 4 is 67.1 Å². The highest BCUT2D eigenvalue weighted by atomic mass is 35.5. The standard InChI is InChI=1S/C18H16Cl2N2O3S2/c1-24-10-4-5-13-14(7-10)26-18(21-13)22(9-11-3-2-6-25-11)17(23)12-8-15(19)27-16(12)20/h4-5,7-8,11H,2-3,6,9H2,1H3. The molecular formula is C18H16Cl2N2O3S2. The van der Waals surface area contributed by atoms with Crippen LogP contribution in [0.15, 0.2) is 24.3 Å². The van der Waals surface area contributed by atoms with E-state index in [-0.39, 0.29) is 12.0 Å². The maximum atomic E-state index is 13.2. The number of halogens is 2. The summed E-state index contributed by atoms with van der Waals surface area (Å²) in [5.74, 6) is 0.534. The molecule has 3 heterocycles. The first-order valence-electron chi connectivity index (χ1n) is 8.38. The Labute approximate surface area is 174 Å². The summed E-state index contributed by atoms with van der Waals surface area (Å²) in [6.45, 7) is 1.15. The summed E-state index contributed by atoms with van der Waals surface area (Å²) in [5, 5.41) is 0.608. The van der Waals surface area contributed by atoms with Gasteiger partial charge in [-0.2, -0.15) is 0 Å². The van der Waals surface area contributed by atoms with Crippen molar-refractivity contribution in [3.8, 4) is 5.75 Å². The van der Waals surface area contributed by atoms with Crippen LogP contribution >= 0.6 is 45.9 Å². The Bertz CT molecular complexity index is 982. The van der Waals surface area contributed by atoms with Gasteiger partial charge >= 0.3 is 0 Å². The van der Waals surface area contributed by atoms with E-state index in [1.807, 2.05) is 18.2 Å². The van der Waals surface area contributed by atoms with Crippen LogP contribution in [0.5, 0.6) is 5.75 Å². The summed E-state index contributed by atoms with van der Waals surface area (Å²) in [4.78, 5) is 19.5. The number of methoxy groups -OCH3 is 1. The third-order valence-corrected chi connectivity index (χ3v) is 6.89. The van der Waals surface area contributed by atoms with E-state index in [1.165, 1.54) is 22.7 Å². The van der Waals surface area contributed by atoms with E-state index in [0.29, 0.717) is 25.9 Å². The van der Waals surface area contributed by atoms with Crippen molar-refractivity contribution in [1.82, 2.24) is 4.98 Å². The number of carbonyl (C=O) groups is 1. The van der Waals surface area contributed by atoms with Crippen LogP contribution in [0.25, 0.3) is 10.2 Å². The van der Waals surface area contributed by atoms with Crippen LogP contribution in [0.1, 0.15) is 23.2 Å². The number of benzene rings is 1. The van der Waals surface area contributed by atoms with Crippen molar-refractivity contribution in [2.24, 2.45) is 0 Å². The summed E-state index contributed by atoms with van der Waals surface area (Å²) in [5.41, 5.74) is 1.21. The van der Waals surface area contributed by atoms with Gasteiger partial charge in [-0.3, -0.25) is 9.69 Å². The Kier molecular flexibility index (Phi) is 5.57. The normalized spacial score (nSPS) is 16.8. The summed E-state index contributed by atoms with van der Waals surface area (Å²) in [6.07, 6.45) is 1.90. The molecule has 0 spiro atoms. The smallest absolute Gasteiger partial charge is 0.262 e. The lowest BCUT2D eigenvalue weighted by atomic mass is 10.2. The molecule has 2 aromatic heterocycles. The number of rotatable bonds is 5. The molecule has 4 rings (SSSR count). The largest absolute Gasteiger partial charge is 0.497 e. The zero-order valence-corrected chi connectivity index (χ0v) is 17.6. The van der Waals surface area contributed by atoms with Crippen LogP contribution in [0.2, 0.25) is 8.67 Å². The van der Waals surface area contributed by atoms with Crippen molar-refractivity contribution in [2.75, 3.05) is 25.2 Å². The second kappa shape index (κ2) is 7.93. The molecule has 0 N–H and O–H groups in total. The maximum absolute atomic E-state index is 13.2. The first-order valence-corrected chi connectivity index (χ1v) is 10.8. The fourth-order valence-corrected chi connectivity index (χ4v) is 5.46. The van der Waals surface area contributed by atoms with Gasteiger partial charge in [0.15, 0.2) is 5.13 Å². The van der Waals surface area contributed by atoms with Gasteiger partial charge in [0.05, 0.1) is 39.9 Å². The highest BCUT2D eigenvalue weighted by Crippen LogP contribution is 2.36. The van der Waals surface area contributed by atoms with Crippen LogP contribution in [-0.2, 0) is 4.74 Å². The number of amides is 1. The van der Waals surface area contributed by atoms with Gasteiger partial charge in [0.1, 0.15) is 10.1 Å². The number of thiophene rings is 1. The molecule has 0 radical (unpaired) electrons. The number of nitrogens with zero attached hydrogens (tertiary/aromatic N) is 2. The maximum Gasteiger partial charge on any atom is 0.262 e. The Balaban J connectivity index is 1.72. The van der Waals surface area contributed by atoms with Crippen LogP contribution in [0.4, 0.5) is 5.13 Å². The number of fused-ring (bicyclic) bond motifs is 1. The second-order valence-corrected chi connectivity index (χ2v) is 9.41.